The topological polar surface area (TPSA) is 95.1 Å². The third-order valence-corrected chi connectivity index (χ3v) is 8.07. The van der Waals surface area contributed by atoms with Gasteiger partial charge in [-0.05, 0) is 42.5 Å². The van der Waals surface area contributed by atoms with Crippen LogP contribution in [0.2, 0.25) is 0 Å². The quantitative estimate of drug-likeness (QED) is 0.719. The predicted molar refractivity (Wildman–Crippen MR) is 107 cm³/mol. The van der Waals surface area contributed by atoms with Gasteiger partial charge in [-0.15, -0.1) is 0 Å². The average molecular weight is 398 g/mol. The van der Waals surface area contributed by atoms with Gasteiger partial charge in [0.2, 0.25) is 16.0 Å². The number of pyridine rings is 1. The summed E-state index contributed by atoms with van der Waals surface area (Å²) in [5, 5.41) is 0.770. The van der Waals surface area contributed by atoms with Crippen molar-refractivity contribution >= 4 is 27.0 Å². The molecule has 0 unspecified atom stereocenters. The molecule has 146 valence electrons. The van der Waals surface area contributed by atoms with Crippen LogP contribution in [0, 0.1) is 0 Å². The third kappa shape index (κ3) is 2.94. The molecule has 0 bridgehead atoms. The maximum atomic E-state index is 13.0. The number of aromatic amines is 1. The minimum atomic E-state index is -3.28. The molecule has 5 heterocycles. The van der Waals surface area contributed by atoms with Crippen LogP contribution < -0.4 is 4.90 Å². The molecule has 0 atom stereocenters. The molecule has 0 aromatic carbocycles. The fraction of sp³-hybridized carbons (Fsp3) is 0.421. The number of hydrogen-bond acceptors (Lipinski definition) is 6. The lowest BCUT2D eigenvalue weighted by molar-refractivity contribution is 0.313. The number of hydrogen-bond donors (Lipinski definition) is 1. The summed E-state index contributed by atoms with van der Waals surface area (Å²) >= 11 is 0. The molecule has 5 rings (SSSR count). The van der Waals surface area contributed by atoms with E-state index in [0.717, 1.165) is 23.9 Å². The Labute approximate surface area is 163 Å². The molecule has 9 heteroatoms. The number of nitrogens with zero attached hydrogens (tertiary/aromatic N) is 5. The van der Waals surface area contributed by atoms with Gasteiger partial charge in [0.25, 0.3) is 0 Å². The fourth-order valence-electron chi connectivity index (χ4n) is 4.19. The van der Waals surface area contributed by atoms with Crippen LogP contribution in [0.3, 0.4) is 0 Å². The van der Waals surface area contributed by atoms with Gasteiger partial charge in [0, 0.05) is 56.4 Å². The monoisotopic (exact) mass is 398 g/mol. The Morgan fingerprint density at radius 2 is 1.71 bits per heavy atom. The third-order valence-electron chi connectivity index (χ3n) is 5.84. The van der Waals surface area contributed by atoms with E-state index in [1.807, 2.05) is 17.2 Å². The highest BCUT2D eigenvalue weighted by molar-refractivity contribution is 7.89. The number of aromatic nitrogens is 4. The molecule has 2 aliphatic rings. The fourth-order valence-corrected chi connectivity index (χ4v) is 6.07. The van der Waals surface area contributed by atoms with E-state index in [4.69, 9.17) is 0 Å². The van der Waals surface area contributed by atoms with Gasteiger partial charge in [-0.2, -0.15) is 0 Å². The van der Waals surface area contributed by atoms with Crippen molar-refractivity contribution in [2.24, 2.45) is 0 Å². The van der Waals surface area contributed by atoms with Crippen molar-refractivity contribution in [2.75, 3.05) is 31.1 Å². The Morgan fingerprint density at radius 3 is 2.46 bits per heavy atom. The van der Waals surface area contributed by atoms with E-state index < -0.39 is 10.0 Å². The molecule has 3 aromatic heterocycles. The standard InChI is InChI=1S/C19H22N6O2S/c26-28(27,15-12-24(13-15)19-21-7-2-8-22-19)25-9-4-14(5-10-25)17-11-23-18-16(17)3-1-6-20-18/h1-3,6-8,11,14-15H,4-5,9-10,12-13H2,(H,20,23). The van der Waals surface area contributed by atoms with Gasteiger partial charge in [0.1, 0.15) is 10.9 Å². The van der Waals surface area contributed by atoms with E-state index in [2.05, 4.69) is 26.0 Å². The SMILES string of the molecule is O=S(=O)(C1CN(c2ncccn2)C1)N1CCC(c2c[nH]c3ncccc23)CC1. The van der Waals surface area contributed by atoms with Gasteiger partial charge in [0.15, 0.2) is 0 Å². The summed E-state index contributed by atoms with van der Waals surface area (Å²) in [6.07, 6.45) is 8.82. The Kier molecular flexibility index (Phi) is 4.28. The van der Waals surface area contributed by atoms with Crippen molar-refractivity contribution in [1.29, 1.82) is 0 Å². The average Bonchev–Trinajstić information content (AvgIpc) is 3.12. The Balaban J connectivity index is 1.23. The van der Waals surface area contributed by atoms with Crippen LogP contribution >= 0.6 is 0 Å². The van der Waals surface area contributed by atoms with Gasteiger partial charge in [-0.3, -0.25) is 0 Å². The molecule has 0 aliphatic carbocycles. The van der Waals surface area contributed by atoms with Gasteiger partial charge < -0.3 is 9.88 Å². The molecule has 0 amide bonds. The first kappa shape index (κ1) is 17.6. The number of rotatable bonds is 4. The number of H-pyrrole nitrogens is 1. The molecule has 3 aromatic rings. The van der Waals surface area contributed by atoms with E-state index in [9.17, 15) is 8.42 Å². The van der Waals surface area contributed by atoms with Crippen LogP contribution in [-0.4, -0.2) is 64.1 Å². The maximum Gasteiger partial charge on any atom is 0.225 e. The smallest absolute Gasteiger partial charge is 0.225 e. The normalized spacial score (nSPS) is 19.8. The highest BCUT2D eigenvalue weighted by Gasteiger charge is 2.42. The summed E-state index contributed by atoms with van der Waals surface area (Å²) in [5.74, 6) is 0.959. The molecule has 2 saturated heterocycles. The van der Waals surface area contributed by atoms with Crippen molar-refractivity contribution in [1.82, 2.24) is 24.2 Å². The summed E-state index contributed by atoms with van der Waals surface area (Å²) in [6, 6.07) is 5.77. The number of sulfonamides is 1. The second-order valence-electron chi connectivity index (χ2n) is 7.44. The minimum Gasteiger partial charge on any atom is -0.346 e. The second kappa shape index (κ2) is 6.82. The van der Waals surface area contributed by atoms with Crippen LogP contribution in [0.1, 0.15) is 24.3 Å². The molecular weight excluding hydrogens is 376 g/mol. The number of nitrogens with one attached hydrogen (secondary N) is 1. The molecule has 2 aliphatic heterocycles. The van der Waals surface area contributed by atoms with E-state index in [1.54, 1.807) is 29.0 Å². The summed E-state index contributed by atoms with van der Waals surface area (Å²) in [6.45, 7) is 2.05. The lowest BCUT2D eigenvalue weighted by atomic mass is 9.90. The van der Waals surface area contributed by atoms with Gasteiger partial charge in [-0.1, -0.05) is 0 Å². The van der Waals surface area contributed by atoms with Gasteiger partial charge in [0.05, 0.1) is 0 Å². The van der Waals surface area contributed by atoms with Crippen LogP contribution in [0.25, 0.3) is 11.0 Å². The first-order chi connectivity index (χ1) is 13.6. The molecule has 2 fully saturated rings. The molecule has 0 spiro atoms. The van der Waals surface area contributed by atoms with Gasteiger partial charge in [-0.25, -0.2) is 27.7 Å². The van der Waals surface area contributed by atoms with Crippen molar-refractivity contribution in [3.05, 3.63) is 48.5 Å². The van der Waals surface area contributed by atoms with Crippen LogP contribution in [0.5, 0.6) is 0 Å². The minimum absolute atomic E-state index is 0.361. The molecule has 0 saturated carbocycles. The zero-order chi connectivity index (χ0) is 19.1. The Hall–Kier alpha value is -2.52. The summed E-state index contributed by atoms with van der Waals surface area (Å²) in [5.41, 5.74) is 2.14. The summed E-state index contributed by atoms with van der Waals surface area (Å²) < 4.78 is 27.7. The molecule has 8 nitrogen and oxygen atoms in total. The zero-order valence-electron chi connectivity index (χ0n) is 15.4. The van der Waals surface area contributed by atoms with Crippen LogP contribution in [0.15, 0.2) is 43.0 Å². The molecular formula is C19H22N6O2S. The van der Waals surface area contributed by atoms with Crippen LogP contribution in [-0.2, 0) is 10.0 Å². The Bertz CT molecular complexity index is 1070. The van der Waals surface area contributed by atoms with Crippen molar-refractivity contribution < 1.29 is 8.42 Å². The number of anilines is 1. The summed E-state index contributed by atoms with van der Waals surface area (Å²) in [4.78, 5) is 17.9. The Morgan fingerprint density at radius 1 is 1.00 bits per heavy atom. The van der Waals surface area contributed by atoms with Crippen LogP contribution in [0.4, 0.5) is 5.95 Å². The lowest BCUT2D eigenvalue weighted by Crippen LogP contribution is -2.59. The summed E-state index contributed by atoms with van der Waals surface area (Å²) in [7, 11) is -3.28. The zero-order valence-corrected chi connectivity index (χ0v) is 16.2. The van der Waals surface area contributed by atoms with E-state index in [0.29, 0.717) is 38.0 Å². The number of fused-ring (bicyclic) bond motifs is 1. The van der Waals surface area contributed by atoms with E-state index in [1.165, 1.54) is 5.56 Å². The molecule has 28 heavy (non-hydrogen) atoms. The lowest BCUT2D eigenvalue weighted by Gasteiger charge is -2.42. The first-order valence-corrected chi connectivity index (χ1v) is 11.1. The predicted octanol–water partition coefficient (Wildman–Crippen LogP) is 1.75. The van der Waals surface area contributed by atoms with E-state index >= 15 is 0 Å². The van der Waals surface area contributed by atoms with Crippen molar-refractivity contribution in [3.63, 3.8) is 0 Å². The molecule has 1 N–H and O–H groups in total. The largest absolute Gasteiger partial charge is 0.346 e. The van der Waals surface area contributed by atoms with Crippen molar-refractivity contribution in [3.8, 4) is 0 Å². The maximum absolute atomic E-state index is 13.0. The highest BCUT2D eigenvalue weighted by atomic mass is 32.2. The molecule has 0 radical (unpaired) electrons. The van der Waals surface area contributed by atoms with Crippen molar-refractivity contribution in [2.45, 2.75) is 24.0 Å². The number of piperidine rings is 1. The van der Waals surface area contributed by atoms with E-state index in [-0.39, 0.29) is 5.25 Å². The highest BCUT2D eigenvalue weighted by Crippen LogP contribution is 2.34. The first-order valence-electron chi connectivity index (χ1n) is 9.56. The van der Waals surface area contributed by atoms with Gasteiger partial charge >= 0.3 is 0 Å². The second-order valence-corrected chi connectivity index (χ2v) is 9.65.